The molecule has 0 aliphatic carbocycles. The van der Waals surface area contributed by atoms with Crippen LogP contribution in [0, 0.1) is 0 Å². The van der Waals surface area contributed by atoms with E-state index in [0.717, 1.165) is 37.9 Å². The summed E-state index contributed by atoms with van der Waals surface area (Å²) in [6.07, 6.45) is 0.670. The van der Waals surface area contributed by atoms with Crippen molar-refractivity contribution in [2.24, 2.45) is 4.99 Å². The standard InChI is InChI=1S/C42H41BrN2O6/c1-48-37-22-13-29(27-38(37)49-2)23-24-44-41(47)42(28-34-11-6-7-12-36(34)43)39(32-16-14-31(15-17-32)30-9-4-3-5-10-30)51-40(45-42)33-18-20-35(21-19-33)50-26-8-25-46/h3-7,9-22,27,39,46H,8,23-26,28H2,1-2H3,(H,44,47)/t39-,42-/m1/s1. The number of amides is 1. The van der Waals surface area contributed by atoms with Crippen molar-refractivity contribution in [2.45, 2.75) is 30.9 Å². The van der Waals surface area contributed by atoms with Crippen molar-refractivity contribution in [3.05, 3.63) is 148 Å². The van der Waals surface area contributed by atoms with E-state index >= 15 is 0 Å². The van der Waals surface area contributed by atoms with E-state index in [0.29, 0.717) is 49.1 Å². The first-order valence-electron chi connectivity index (χ1n) is 16.9. The van der Waals surface area contributed by atoms with Crippen LogP contribution in [0.1, 0.15) is 34.8 Å². The van der Waals surface area contributed by atoms with Crippen LogP contribution < -0.4 is 19.5 Å². The van der Waals surface area contributed by atoms with E-state index in [-0.39, 0.29) is 18.9 Å². The van der Waals surface area contributed by atoms with E-state index in [1.54, 1.807) is 14.2 Å². The molecule has 0 saturated heterocycles. The Balaban J connectivity index is 1.37. The number of carbonyl (C=O) groups excluding carboxylic acids is 1. The van der Waals surface area contributed by atoms with Crippen LogP contribution in [0.25, 0.3) is 11.1 Å². The molecule has 2 N–H and O–H groups in total. The molecule has 0 aromatic heterocycles. The van der Waals surface area contributed by atoms with Gasteiger partial charge in [-0.2, -0.15) is 0 Å². The number of benzene rings is 5. The predicted molar refractivity (Wildman–Crippen MR) is 203 cm³/mol. The lowest BCUT2D eigenvalue weighted by molar-refractivity contribution is -0.128. The number of ether oxygens (including phenoxy) is 4. The highest BCUT2D eigenvalue weighted by atomic mass is 79.9. The van der Waals surface area contributed by atoms with Crippen LogP contribution >= 0.6 is 15.9 Å². The number of aliphatic hydroxyl groups is 1. The fourth-order valence-electron chi connectivity index (χ4n) is 6.20. The number of nitrogens with one attached hydrogen (secondary N) is 1. The largest absolute Gasteiger partial charge is 0.494 e. The van der Waals surface area contributed by atoms with Crippen molar-refractivity contribution < 1.29 is 28.8 Å². The van der Waals surface area contributed by atoms with E-state index in [1.807, 2.05) is 97.1 Å². The highest BCUT2D eigenvalue weighted by Gasteiger charge is 2.53. The Morgan fingerprint density at radius 1 is 0.843 bits per heavy atom. The van der Waals surface area contributed by atoms with Gasteiger partial charge in [0.2, 0.25) is 5.90 Å². The Kier molecular flexibility index (Phi) is 11.7. The van der Waals surface area contributed by atoms with Crippen molar-refractivity contribution in [1.82, 2.24) is 5.32 Å². The van der Waals surface area contributed by atoms with Crippen molar-refractivity contribution in [2.75, 3.05) is 34.0 Å². The summed E-state index contributed by atoms with van der Waals surface area (Å²) < 4.78 is 24.3. The monoisotopic (exact) mass is 748 g/mol. The minimum absolute atomic E-state index is 0.0619. The third kappa shape index (κ3) is 8.27. The van der Waals surface area contributed by atoms with Gasteiger partial charge in [0, 0.05) is 36.0 Å². The van der Waals surface area contributed by atoms with Crippen LogP contribution in [0.15, 0.2) is 131 Å². The number of halogens is 1. The van der Waals surface area contributed by atoms with Crippen LogP contribution in [0.2, 0.25) is 0 Å². The SMILES string of the molecule is COc1ccc(CCNC(=O)[C@]2(Cc3ccccc3Br)N=C(c3ccc(OCCCO)cc3)O[C@@H]2c2ccc(-c3ccccc3)cc2)cc1OC. The lowest BCUT2D eigenvalue weighted by atomic mass is 9.81. The molecule has 1 heterocycles. The number of methoxy groups -OCH3 is 2. The van der Waals surface area contributed by atoms with E-state index in [2.05, 4.69) is 45.5 Å². The third-order valence-electron chi connectivity index (χ3n) is 8.92. The van der Waals surface area contributed by atoms with E-state index < -0.39 is 11.6 Å². The number of hydrogen-bond acceptors (Lipinski definition) is 7. The average Bonchev–Trinajstić information content (AvgIpc) is 3.56. The van der Waals surface area contributed by atoms with Gasteiger partial charge < -0.3 is 29.4 Å². The molecule has 1 aliphatic heterocycles. The Morgan fingerprint density at radius 3 is 2.24 bits per heavy atom. The van der Waals surface area contributed by atoms with Crippen LogP contribution in [0.5, 0.6) is 17.2 Å². The third-order valence-corrected chi connectivity index (χ3v) is 9.69. The first kappa shape index (κ1) is 35.7. The molecule has 0 bridgehead atoms. The first-order chi connectivity index (χ1) is 24.9. The highest BCUT2D eigenvalue weighted by molar-refractivity contribution is 9.10. The van der Waals surface area contributed by atoms with Crippen LogP contribution in [0.3, 0.4) is 0 Å². The van der Waals surface area contributed by atoms with Gasteiger partial charge in [-0.05, 0) is 76.7 Å². The first-order valence-corrected chi connectivity index (χ1v) is 17.7. The summed E-state index contributed by atoms with van der Waals surface area (Å²) in [5, 5.41) is 12.3. The topological polar surface area (TPSA) is 98.6 Å². The van der Waals surface area contributed by atoms with Crippen LogP contribution in [-0.4, -0.2) is 56.4 Å². The highest BCUT2D eigenvalue weighted by Crippen LogP contribution is 2.44. The molecule has 2 atom stereocenters. The van der Waals surface area contributed by atoms with Gasteiger partial charge >= 0.3 is 0 Å². The number of hydrogen-bond donors (Lipinski definition) is 2. The van der Waals surface area contributed by atoms with Gasteiger partial charge in [0.25, 0.3) is 5.91 Å². The molecule has 8 nitrogen and oxygen atoms in total. The lowest BCUT2D eigenvalue weighted by Gasteiger charge is -2.31. The molecule has 0 spiro atoms. The van der Waals surface area contributed by atoms with E-state index in [9.17, 15) is 4.79 Å². The molecule has 5 aromatic rings. The average molecular weight is 750 g/mol. The Bertz CT molecular complexity index is 1950. The van der Waals surface area contributed by atoms with Crippen molar-refractivity contribution in [3.63, 3.8) is 0 Å². The second kappa shape index (κ2) is 16.7. The zero-order valence-corrected chi connectivity index (χ0v) is 30.3. The zero-order valence-electron chi connectivity index (χ0n) is 28.7. The molecule has 262 valence electrons. The second-order valence-corrected chi connectivity index (χ2v) is 13.1. The van der Waals surface area contributed by atoms with Gasteiger partial charge in [0.15, 0.2) is 23.1 Å². The van der Waals surface area contributed by atoms with Gasteiger partial charge in [0.1, 0.15) is 5.75 Å². The molecular weight excluding hydrogens is 708 g/mol. The Morgan fingerprint density at radius 2 is 1.53 bits per heavy atom. The van der Waals surface area contributed by atoms with E-state index in [1.165, 1.54) is 0 Å². The minimum Gasteiger partial charge on any atom is -0.494 e. The summed E-state index contributed by atoms with van der Waals surface area (Å²) in [7, 11) is 3.21. The Labute approximate surface area is 307 Å². The van der Waals surface area contributed by atoms with Crippen molar-refractivity contribution >= 4 is 27.7 Å². The molecule has 0 radical (unpaired) electrons. The number of aliphatic hydroxyl groups excluding tert-OH is 1. The molecular formula is C42H41BrN2O6. The van der Waals surface area contributed by atoms with Crippen molar-refractivity contribution in [1.29, 1.82) is 0 Å². The molecule has 0 unspecified atom stereocenters. The van der Waals surface area contributed by atoms with Gasteiger partial charge in [-0.25, -0.2) is 4.99 Å². The molecule has 6 rings (SSSR count). The summed E-state index contributed by atoms with van der Waals surface area (Å²) in [5.41, 5.74) is 4.30. The van der Waals surface area contributed by atoms with Gasteiger partial charge in [-0.3, -0.25) is 4.79 Å². The summed E-state index contributed by atoms with van der Waals surface area (Å²) >= 11 is 3.72. The molecule has 1 amide bonds. The van der Waals surface area contributed by atoms with Crippen LogP contribution in [0.4, 0.5) is 0 Å². The summed E-state index contributed by atoms with van der Waals surface area (Å²) in [6.45, 7) is 0.843. The molecule has 1 aliphatic rings. The molecule has 5 aromatic carbocycles. The van der Waals surface area contributed by atoms with Gasteiger partial charge in [-0.1, -0.05) is 94.8 Å². The van der Waals surface area contributed by atoms with Gasteiger partial charge in [0.05, 0.1) is 20.8 Å². The number of rotatable bonds is 15. The maximum absolute atomic E-state index is 14.7. The van der Waals surface area contributed by atoms with E-state index in [4.69, 9.17) is 29.0 Å². The quantitative estimate of drug-likeness (QED) is 0.106. The van der Waals surface area contributed by atoms with Crippen molar-refractivity contribution in [3.8, 4) is 28.4 Å². The lowest BCUT2D eigenvalue weighted by Crippen LogP contribution is -2.50. The summed E-state index contributed by atoms with van der Waals surface area (Å²) in [5.74, 6) is 2.08. The fraction of sp³-hybridized carbons (Fsp3) is 0.238. The summed E-state index contributed by atoms with van der Waals surface area (Å²) in [4.78, 5) is 19.9. The maximum atomic E-state index is 14.7. The van der Waals surface area contributed by atoms with Crippen LogP contribution in [-0.2, 0) is 22.4 Å². The minimum atomic E-state index is -1.35. The Hall–Kier alpha value is -5.12. The number of carbonyl (C=O) groups is 1. The second-order valence-electron chi connectivity index (χ2n) is 12.2. The molecule has 9 heteroatoms. The molecule has 51 heavy (non-hydrogen) atoms. The maximum Gasteiger partial charge on any atom is 0.252 e. The number of aliphatic imine (C=N–C) groups is 1. The predicted octanol–water partition coefficient (Wildman–Crippen LogP) is 7.75. The summed E-state index contributed by atoms with van der Waals surface area (Å²) in [6, 6.07) is 39.4. The normalized spacial score (nSPS) is 16.5. The fourth-order valence-corrected chi connectivity index (χ4v) is 6.63. The number of nitrogens with zero attached hydrogens (tertiary/aromatic N) is 1. The molecule has 0 saturated carbocycles. The van der Waals surface area contributed by atoms with Gasteiger partial charge in [-0.15, -0.1) is 0 Å². The zero-order chi connectivity index (χ0) is 35.6. The smallest absolute Gasteiger partial charge is 0.252 e. The molecule has 0 fully saturated rings.